The highest BCUT2D eigenvalue weighted by molar-refractivity contribution is 7.17. The first-order chi connectivity index (χ1) is 8.79. The maximum Gasteiger partial charge on any atom is 0.282 e. The first kappa shape index (κ1) is 12.9. The molecule has 0 bridgehead atoms. The quantitative estimate of drug-likeness (QED) is 0.844. The van der Waals surface area contributed by atoms with Crippen LogP contribution in [0.25, 0.3) is 0 Å². The molecule has 0 fully saturated rings. The summed E-state index contributed by atoms with van der Waals surface area (Å²) in [6.07, 6.45) is 2.72. The van der Waals surface area contributed by atoms with Crippen LogP contribution in [0.2, 0.25) is 0 Å². The van der Waals surface area contributed by atoms with Gasteiger partial charge < -0.3 is 10.6 Å². The van der Waals surface area contributed by atoms with E-state index in [0.29, 0.717) is 16.7 Å². The molecule has 8 heteroatoms. The van der Waals surface area contributed by atoms with E-state index in [1.165, 1.54) is 22.7 Å². The molecule has 2 heterocycles. The summed E-state index contributed by atoms with van der Waals surface area (Å²) in [6, 6.07) is 0. The van der Waals surface area contributed by atoms with Gasteiger partial charge in [0.15, 0.2) is 0 Å². The highest BCUT2D eigenvalue weighted by atomic mass is 32.1. The second kappa shape index (κ2) is 6.41. The predicted molar refractivity (Wildman–Crippen MR) is 72.0 cm³/mol. The number of amides is 1. The smallest absolute Gasteiger partial charge is 0.282 e. The van der Waals surface area contributed by atoms with Gasteiger partial charge in [-0.3, -0.25) is 4.79 Å². The van der Waals surface area contributed by atoms with Crippen molar-refractivity contribution < 1.29 is 4.79 Å². The van der Waals surface area contributed by atoms with Gasteiger partial charge in [0.05, 0.1) is 6.54 Å². The summed E-state index contributed by atoms with van der Waals surface area (Å²) >= 11 is 2.76. The Labute approximate surface area is 112 Å². The maximum absolute atomic E-state index is 11.8. The first-order valence-corrected chi connectivity index (χ1v) is 7.23. The summed E-state index contributed by atoms with van der Waals surface area (Å²) < 4.78 is 0. The van der Waals surface area contributed by atoms with E-state index in [1.807, 2.05) is 5.38 Å². The van der Waals surface area contributed by atoms with Gasteiger partial charge in [-0.2, -0.15) is 0 Å². The summed E-state index contributed by atoms with van der Waals surface area (Å²) in [4.78, 5) is 15.9. The molecule has 0 saturated heterocycles. The number of hydrogen-bond donors (Lipinski definition) is 2. The number of nitrogens with one attached hydrogen (secondary N) is 2. The Bertz CT molecular complexity index is 496. The van der Waals surface area contributed by atoms with E-state index in [1.54, 1.807) is 6.20 Å². The molecule has 2 aromatic heterocycles. The molecule has 0 unspecified atom stereocenters. The normalized spacial score (nSPS) is 10.3. The highest BCUT2D eigenvalue weighted by Gasteiger charge is 2.12. The van der Waals surface area contributed by atoms with Crippen LogP contribution in [0.3, 0.4) is 0 Å². The Morgan fingerprint density at radius 1 is 1.44 bits per heavy atom. The Morgan fingerprint density at radius 3 is 3.06 bits per heavy atom. The molecule has 0 radical (unpaired) electrons. The van der Waals surface area contributed by atoms with Crippen LogP contribution in [0.5, 0.6) is 0 Å². The fourth-order valence-electron chi connectivity index (χ4n) is 1.19. The molecular weight excluding hydrogens is 270 g/mol. The lowest BCUT2D eigenvalue weighted by molar-refractivity contribution is 0.0950. The average molecular weight is 283 g/mol. The van der Waals surface area contributed by atoms with Crippen molar-refractivity contribution in [3.05, 3.63) is 21.6 Å². The highest BCUT2D eigenvalue weighted by Crippen LogP contribution is 2.15. The third kappa shape index (κ3) is 3.47. The second-order valence-electron chi connectivity index (χ2n) is 3.45. The molecule has 0 atom stereocenters. The molecule has 96 valence electrons. The number of anilines is 1. The molecule has 0 aromatic carbocycles. The van der Waals surface area contributed by atoms with Crippen molar-refractivity contribution in [1.29, 1.82) is 0 Å². The van der Waals surface area contributed by atoms with Gasteiger partial charge in [-0.15, -0.1) is 21.5 Å². The third-order valence-corrected chi connectivity index (χ3v) is 3.69. The minimum atomic E-state index is -0.216. The molecule has 2 N–H and O–H groups in total. The van der Waals surface area contributed by atoms with Crippen molar-refractivity contribution in [2.75, 3.05) is 11.9 Å². The molecule has 0 saturated carbocycles. The zero-order chi connectivity index (χ0) is 12.8. The van der Waals surface area contributed by atoms with Crippen molar-refractivity contribution in [3.63, 3.8) is 0 Å². The van der Waals surface area contributed by atoms with Crippen LogP contribution in [0.15, 0.2) is 11.6 Å². The van der Waals surface area contributed by atoms with E-state index < -0.39 is 0 Å². The minimum Gasteiger partial charge on any atom is -0.360 e. The Kier molecular flexibility index (Phi) is 4.59. The minimum absolute atomic E-state index is 0.216. The molecule has 0 spiro atoms. The lowest BCUT2D eigenvalue weighted by Crippen LogP contribution is -2.22. The third-order valence-electron chi connectivity index (χ3n) is 2.03. The van der Waals surface area contributed by atoms with Gasteiger partial charge in [0.2, 0.25) is 10.1 Å². The summed E-state index contributed by atoms with van der Waals surface area (Å²) in [5.41, 5.74) is 0. The molecule has 6 nitrogen and oxygen atoms in total. The van der Waals surface area contributed by atoms with Gasteiger partial charge in [-0.05, 0) is 6.42 Å². The van der Waals surface area contributed by atoms with Gasteiger partial charge in [0.1, 0.15) is 5.01 Å². The molecule has 0 aliphatic rings. The van der Waals surface area contributed by atoms with Gasteiger partial charge in [0.25, 0.3) is 5.91 Å². The van der Waals surface area contributed by atoms with Crippen molar-refractivity contribution in [2.45, 2.75) is 19.9 Å². The zero-order valence-corrected chi connectivity index (χ0v) is 11.5. The van der Waals surface area contributed by atoms with E-state index >= 15 is 0 Å². The SMILES string of the molecule is CCCNc1nnc(C(=O)NCc2nccs2)s1. The molecule has 1 amide bonds. The summed E-state index contributed by atoms with van der Waals surface area (Å²) in [6.45, 7) is 3.32. The molecular formula is C10H13N5OS2. The number of hydrogen-bond acceptors (Lipinski definition) is 7. The van der Waals surface area contributed by atoms with E-state index in [0.717, 1.165) is 18.0 Å². The predicted octanol–water partition coefficient (Wildman–Crippen LogP) is 1.75. The zero-order valence-electron chi connectivity index (χ0n) is 9.84. The van der Waals surface area contributed by atoms with Crippen LogP contribution in [0, 0.1) is 0 Å². The summed E-state index contributed by atoms with van der Waals surface area (Å²) in [5.74, 6) is -0.216. The van der Waals surface area contributed by atoms with Crippen molar-refractivity contribution >= 4 is 33.7 Å². The standard InChI is InChI=1S/C10H13N5OS2/c1-2-3-12-10-15-14-9(18-10)8(16)13-6-7-11-4-5-17-7/h4-5H,2-3,6H2,1H3,(H,12,15)(H,13,16). The number of carbonyl (C=O) groups is 1. The number of carbonyl (C=O) groups excluding carboxylic acids is 1. The van der Waals surface area contributed by atoms with Crippen LogP contribution >= 0.6 is 22.7 Å². The molecule has 2 rings (SSSR count). The fourth-order valence-corrected chi connectivity index (χ4v) is 2.43. The van der Waals surface area contributed by atoms with Crippen LogP contribution in [-0.4, -0.2) is 27.6 Å². The van der Waals surface area contributed by atoms with Crippen LogP contribution < -0.4 is 10.6 Å². The number of rotatable bonds is 6. The fraction of sp³-hybridized carbons (Fsp3) is 0.400. The van der Waals surface area contributed by atoms with Gasteiger partial charge in [-0.25, -0.2) is 4.98 Å². The monoisotopic (exact) mass is 283 g/mol. The van der Waals surface area contributed by atoms with Crippen molar-refractivity contribution in [1.82, 2.24) is 20.5 Å². The lowest BCUT2D eigenvalue weighted by Gasteiger charge is -1.98. The van der Waals surface area contributed by atoms with E-state index in [2.05, 4.69) is 32.7 Å². The van der Waals surface area contributed by atoms with Crippen LogP contribution in [0.1, 0.15) is 28.2 Å². The first-order valence-electron chi connectivity index (χ1n) is 5.53. The Balaban J connectivity index is 1.86. The van der Waals surface area contributed by atoms with Crippen molar-refractivity contribution in [3.8, 4) is 0 Å². The Morgan fingerprint density at radius 2 is 2.33 bits per heavy atom. The average Bonchev–Trinajstić information content (AvgIpc) is 3.04. The van der Waals surface area contributed by atoms with Crippen LogP contribution in [-0.2, 0) is 6.54 Å². The molecule has 18 heavy (non-hydrogen) atoms. The number of aromatic nitrogens is 3. The molecule has 0 aliphatic heterocycles. The Hall–Kier alpha value is -1.54. The van der Waals surface area contributed by atoms with E-state index in [9.17, 15) is 4.79 Å². The number of nitrogens with zero attached hydrogens (tertiary/aromatic N) is 3. The number of thiazole rings is 1. The van der Waals surface area contributed by atoms with Crippen LogP contribution in [0.4, 0.5) is 5.13 Å². The van der Waals surface area contributed by atoms with E-state index in [4.69, 9.17) is 0 Å². The van der Waals surface area contributed by atoms with Gasteiger partial charge in [0, 0.05) is 18.1 Å². The summed E-state index contributed by atoms with van der Waals surface area (Å²) in [5, 5.41) is 17.4. The summed E-state index contributed by atoms with van der Waals surface area (Å²) in [7, 11) is 0. The van der Waals surface area contributed by atoms with Crippen molar-refractivity contribution in [2.24, 2.45) is 0 Å². The second-order valence-corrected chi connectivity index (χ2v) is 5.40. The lowest BCUT2D eigenvalue weighted by atomic mass is 10.5. The largest absolute Gasteiger partial charge is 0.360 e. The topological polar surface area (TPSA) is 79.8 Å². The van der Waals surface area contributed by atoms with Gasteiger partial charge >= 0.3 is 0 Å². The molecule has 0 aliphatic carbocycles. The maximum atomic E-state index is 11.8. The van der Waals surface area contributed by atoms with E-state index in [-0.39, 0.29) is 5.91 Å². The van der Waals surface area contributed by atoms with Gasteiger partial charge in [-0.1, -0.05) is 18.3 Å². The molecule has 2 aromatic rings.